The molecule has 1 saturated carbocycles. The Balaban J connectivity index is 2.17. The first kappa shape index (κ1) is 15.6. The number of nitrogens with zero attached hydrogens (tertiary/aromatic N) is 2. The molecule has 2 rings (SSSR count). The Kier molecular flexibility index (Phi) is 3.87. The molecule has 0 radical (unpaired) electrons. The third kappa shape index (κ3) is 2.97. The summed E-state index contributed by atoms with van der Waals surface area (Å²) in [5.41, 5.74) is -0.866. The van der Waals surface area contributed by atoms with E-state index in [1.54, 1.807) is 27.7 Å². The molecule has 6 nitrogen and oxygen atoms in total. The van der Waals surface area contributed by atoms with Gasteiger partial charge in [-0.15, -0.1) is 0 Å². The van der Waals surface area contributed by atoms with Crippen molar-refractivity contribution in [2.75, 3.05) is 6.61 Å². The number of rotatable bonds is 3. The first-order chi connectivity index (χ1) is 9.74. The van der Waals surface area contributed by atoms with Crippen LogP contribution in [0.2, 0.25) is 0 Å². The molecule has 0 bridgehead atoms. The number of carbonyl (C=O) groups is 2. The fourth-order valence-corrected chi connectivity index (χ4v) is 3.06. The molecule has 1 aliphatic heterocycles. The molecule has 0 unspecified atom stereocenters. The normalized spacial score (nSPS) is 30.3. The van der Waals surface area contributed by atoms with Gasteiger partial charge >= 0.3 is 12.1 Å². The molecule has 21 heavy (non-hydrogen) atoms. The van der Waals surface area contributed by atoms with Gasteiger partial charge in [0, 0.05) is 17.9 Å². The Morgan fingerprint density at radius 2 is 2.05 bits per heavy atom. The minimum atomic E-state index is -0.633. The number of hydrogen-bond acceptors (Lipinski definition) is 5. The predicted molar refractivity (Wildman–Crippen MR) is 74.2 cm³/mol. The highest BCUT2D eigenvalue weighted by molar-refractivity contribution is 5.83. The minimum Gasteiger partial charge on any atom is -0.464 e. The SMILES string of the molecule is CCOC(=O)[C@@H]1C[C@@]2(CC#N)C[C@H]2N1C(=O)OC(C)(C)C. The van der Waals surface area contributed by atoms with E-state index in [0.717, 1.165) is 6.42 Å². The zero-order valence-electron chi connectivity index (χ0n) is 13.0. The maximum absolute atomic E-state index is 12.4. The first-order valence-electron chi connectivity index (χ1n) is 7.29. The summed E-state index contributed by atoms with van der Waals surface area (Å²) in [6.45, 7) is 7.37. The van der Waals surface area contributed by atoms with Crippen LogP contribution >= 0.6 is 0 Å². The van der Waals surface area contributed by atoms with E-state index in [-0.39, 0.29) is 18.1 Å². The van der Waals surface area contributed by atoms with Crippen molar-refractivity contribution >= 4 is 12.1 Å². The van der Waals surface area contributed by atoms with Crippen molar-refractivity contribution in [2.45, 2.75) is 64.6 Å². The number of ether oxygens (including phenoxy) is 2. The number of carbonyl (C=O) groups excluding carboxylic acids is 2. The van der Waals surface area contributed by atoms with Gasteiger partial charge in [-0.25, -0.2) is 9.59 Å². The number of likely N-dealkylation sites (tertiary alicyclic amines) is 1. The molecule has 2 aliphatic rings. The third-order valence-electron chi connectivity index (χ3n) is 4.01. The Hall–Kier alpha value is -1.77. The number of esters is 1. The van der Waals surface area contributed by atoms with Gasteiger partial charge in [-0.05, 0) is 40.5 Å². The van der Waals surface area contributed by atoms with Crippen LogP contribution in [0, 0.1) is 16.7 Å². The fourth-order valence-electron chi connectivity index (χ4n) is 3.06. The number of fused-ring (bicyclic) bond motifs is 1. The molecule has 0 aromatic carbocycles. The second-order valence-electron chi connectivity index (χ2n) is 6.78. The van der Waals surface area contributed by atoms with Gasteiger partial charge in [-0.1, -0.05) is 0 Å². The molecule has 0 spiro atoms. The van der Waals surface area contributed by atoms with Gasteiger partial charge in [0.05, 0.1) is 12.7 Å². The van der Waals surface area contributed by atoms with Crippen molar-refractivity contribution in [3.05, 3.63) is 0 Å². The predicted octanol–water partition coefficient (Wildman–Crippen LogP) is 2.23. The summed E-state index contributed by atoms with van der Waals surface area (Å²) in [6.07, 6.45) is 1.11. The number of hydrogen-bond donors (Lipinski definition) is 0. The zero-order valence-corrected chi connectivity index (χ0v) is 13.0. The van der Waals surface area contributed by atoms with E-state index in [1.165, 1.54) is 4.90 Å². The van der Waals surface area contributed by atoms with Crippen molar-refractivity contribution in [2.24, 2.45) is 5.41 Å². The largest absolute Gasteiger partial charge is 0.464 e. The molecule has 116 valence electrons. The number of piperidine rings is 1. The maximum Gasteiger partial charge on any atom is 0.411 e. The van der Waals surface area contributed by atoms with Gasteiger partial charge in [-0.2, -0.15) is 5.26 Å². The molecule has 0 aromatic heterocycles. The molecule has 1 aliphatic carbocycles. The Bertz CT molecular complexity index is 491. The number of amides is 1. The number of nitriles is 1. The molecule has 6 heteroatoms. The summed E-state index contributed by atoms with van der Waals surface area (Å²) in [5, 5.41) is 8.96. The summed E-state index contributed by atoms with van der Waals surface area (Å²) >= 11 is 0. The summed E-state index contributed by atoms with van der Waals surface area (Å²) < 4.78 is 10.5. The molecular formula is C15H22N2O4. The summed E-state index contributed by atoms with van der Waals surface area (Å²) in [6, 6.07) is 1.45. The van der Waals surface area contributed by atoms with Crippen molar-refractivity contribution in [3.8, 4) is 6.07 Å². The van der Waals surface area contributed by atoms with Crippen LogP contribution in [0.25, 0.3) is 0 Å². The van der Waals surface area contributed by atoms with Crippen LogP contribution in [0.15, 0.2) is 0 Å². The van der Waals surface area contributed by atoms with Crippen LogP contribution in [0.4, 0.5) is 4.79 Å². The maximum atomic E-state index is 12.4. The Labute approximate surface area is 125 Å². The van der Waals surface area contributed by atoms with E-state index in [2.05, 4.69) is 6.07 Å². The van der Waals surface area contributed by atoms with E-state index in [9.17, 15) is 9.59 Å². The second-order valence-corrected chi connectivity index (χ2v) is 6.78. The van der Waals surface area contributed by atoms with Crippen LogP contribution in [0.1, 0.15) is 47.0 Å². The Morgan fingerprint density at radius 1 is 1.38 bits per heavy atom. The van der Waals surface area contributed by atoms with E-state index >= 15 is 0 Å². The van der Waals surface area contributed by atoms with Crippen LogP contribution in [0.5, 0.6) is 0 Å². The lowest BCUT2D eigenvalue weighted by atomic mass is 9.96. The minimum absolute atomic E-state index is 0.0820. The van der Waals surface area contributed by atoms with Crippen LogP contribution in [0.3, 0.4) is 0 Å². The monoisotopic (exact) mass is 294 g/mol. The summed E-state index contributed by atoms with van der Waals surface area (Å²) in [4.78, 5) is 25.9. The molecule has 0 N–H and O–H groups in total. The smallest absolute Gasteiger partial charge is 0.411 e. The highest BCUT2D eigenvalue weighted by Crippen LogP contribution is 2.61. The summed E-state index contributed by atoms with van der Waals surface area (Å²) in [7, 11) is 0. The molecule has 3 atom stereocenters. The highest BCUT2D eigenvalue weighted by atomic mass is 16.6. The lowest BCUT2D eigenvalue weighted by Gasteiger charge is -2.29. The van der Waals surface area contributed by atoms with E-state index < -0.39 is 23.7 Å². The lowest BCUT2D eigenvalue weighted by Crippen LogP contribution is -2.46. The highest BCUT2D eigenvalue weighted by Gasteiger charge is 2.68. The van der Waals surface area contributed by atoms with Crippen molar-refractivity contribution in [3.63, 3.8) is 0 Å². The van der Waals surface area contributed by atoms with Crippen molar-refractivity contribution in [1.82, 2.24) is 4.90 Å². The van der Waals surface area contributed by atoms with E-state index in [4.69, 9.17) is 14.7 Å². The summed E-state index contributed by atoms with van der Waals surface area (Å²) in [5.74, 6) is -0.409. The van der Waals surface area contributed by atoms with Crippen LogP contribution < -0.4 is 0 Å². The van der Waals surface area contributed by atoms with E-state index in [0.29, 0.717) is 12.8 Å². The second kappa shape index (κ2) is 5.21. The van der Waals surface area contributed by atoms with Gasteiger partial charge in [0.15, 0.2) is 0 Å². The average molecular weight is 294 g/mol. The van der Waals surface area contributed by atoms with E-state index in [1.807, 2.05) is 0 Å². The van der Waals surface area contributed by atoms with Crippen LogP contribution in [-0.4, -0.2) is 41.3 Å². The van der Waals surface area contributed by atoms with Crippen molar-refractivity contribution in [1.29, 1.82) is 5.26 Å². The average Bonchev–Trinajstić information content (AvgIpc) is 2.92. The molecule has 0 aromatic rings. The van der Waals surface area contributed by atoms with Gasteiger partial charge in [-0.3, -0.25) is 4.90 Å². The molecule has 2 fully saturated rings. The van der Waals surface area contributed by atoms with Gasteiger partial charge in [0.1, 0.15) is 11.6 Å². The topological polar surface area (TPSA) is 79.6 Å². The fraction of sp³-hybridized carbons (Fsp3) is 0.800. The quantitative estimate of drug-likeness (QED) is 0.746. The standard InChI is InChI=1S/C15H22N2O4/c1-5-20-12(18)10-8-15(6-7-16)9-11(15)17(10)13(19)21-14(2,3)4/h10-11H,5-6,8-9H2,1-4H3/t10-,11+,15-/m0/s1. The first-order valence-corrected chi connectivity index (χ1v) is 7.29. The third-order valence-corrected chi connectivity index (χ3v) is 4.01. The zero-order chi connectivity index (χ0) is 15.8. The van der Waals surface area contributed by atoms with Crippen LogP contribution in [-0.2, 0) is 14.3 Å². The van der Waals surface area contributed by atoms with Gasteiger partial charge < -0.3 is 9.47 Å². The van der Waals surface area contributed by atoms with Gasteiger partial charge in [0.2, 0.25) is 0 Å². The molecule has 1 amide bonds. The van der Waals surface area contributed by atoms with Crippen molar-refractivity contribution < 1.29 is 19.1 Å². The lowest BCUT2D eigenvalue weighted by molar-refractivity contribution is -0.149. The molecular weight excluding hydrogens is 272 g/mol. The Morgan fingerprint density at radius 3 is 2.57 bits per heavy atom. The van der Waals surface area contributed by atoms with Gasteiger partial charge in [0.25, 0.3) is 0 Å². The molecule has 1 saturated heterocycles. The molecule has 1 heterocycles.